The van der Waals surface area contributed by atoms with Gasteiger partial charge in [0.15, 0.2) is 20.6 Å². The molecule has 6 rings (SSSR count). The average molecular weight is 586 g/mol. The maximum atomic E-state index is 14.2. The molecule has 0 aliphatic heterocycles. The fourth-order valence-electron chi connectivity index (χ4n) is 5.81. The second-order valence-corrected chi connectivity index (χ2v) is 12.5. The number of nitrogens with zero attached hydrogens (tertiary/aromatic N) is 5. The van der Waals surface area contributed by atoms with Crippen LogP contribution in [0.25, 0.3) is 11.8 Å². The average Bonchev–Trinajstić information content (AvgIpc) is 3.57. The van der Waals surface area contributed by atoms with Gasteiger partial charge in [0, 0.05) is 19.4 Å². The molecule has 0 amide bonds. The van der Waals surface area contributed by atoms with Crippen molar-refractivity contribution in [3.63, 3.8) is 0 Å². The lowest BCUT2D eigenvalue weighted by Crippen LogP contribution is -2.46. The van der Waals surface area contributed by atoms with Gasteiger partial charge in [0.2, 0.25) is 0 Å². The molecule has 2 aliphatic rings. The summed E-state index contributed by atoms with van der Waals surface area (Å²) in [4.78, 5) is 18.2. The summed E-state index contributed by atoms with van der Waals surface area (Å²) in [5.74, 6) is -1.10. The molecule has 2 atom stereocenters. The van der Waals surface area contributed by atoms with Crippen LogP contribution in [0.2, 0.25) is 0 Å². The minimum absolute atomic E-state index is 0.0142. The normalized spacial score (nSPS) is 20.7. The second kappa shape index (κ2) is 9.47. The van der Waals surface area contributed by atoms with Crippen LogP contribution in [-0.4, -0.2) is 44.0 Å². The number of ketones is 1. The van der Waals surface area contributed by atoms with Crippen LogP contribution in [0.15, 0.2) is 71.7 Å². The molecule has 13 heteroatoms. The molecule has 8 nitrogen and oxygen atoms in total. The number of carbonyl (C=O) groups excluding carboxylic acids is 1. The molecule has 0 N–H and O–H groups in total. The molecule has 4 aromatic rings. The Morgan fingerprint density at radius 3 is 2.56 bits per heavy atom. The Labute approximate surface area is 232 Å². The lowest BCUT2D eigenvalue weighted by molar-refractivity contribution is -0.137. The molecule has 41 heavy (non-hydrogen) atoms. The Hall–Kier alpha value is -4.13. The maximum Gasteiger partial charge on any atom is 0.416 e. The van der Waals surface area contributed by atoms with E-state index in [1.54, 1.807) is 29.9 Å². The zero-order valence-corrected chi connectivity index (χ0v) is 22.5. The summed E-state index contributed by atoms with van der Waals surface area (Å²) in [5, 5.41) is 7.35. The van der Waals surface area contributed by atoms with Gasteiger partial charge in [-0.1, -0.05) is 5.57 Å². The van der Waals surface area contributed by atoms with Gasteiger partial charge >= 0.3 is 6.18 Å². The number of allylic oxidation sites excluding steroid dienone is 1. The summed E-state index contributed by atoms with van der Waals surface area (Å²) >= 11 is 0. The minimum Gasteiger partial charge on any atom is -0.291 e. The zero-order valence-electron chi connectivity index (χ0n) is 21.6. The Morgan fingerprint density at radius 2 is 1.88 bits per heavy atom. The Balaban J connectivity index is 1.47. The number of fused-ring (bicyclic) bond motifs is 2. The van der Waals surface area contributed by atoms with Crippen LogP contribution in [0.4, 0.5) is 17.6 Å². The first-order valence-electron chi connectivity index (χ1n) is 12.7. The smallest absolute Gasteiger partial charge is 0.291 e. The van der Waals surface area contributed by atoms with Gasteiger partial charge in [0.25, 0.3) is 0 Å². The predicted molar refractivity (Wildman–Crippen MR) is 139 cm³/mol. The van der Waals surface area contributed by atoms with E-state index in [2.05, 4.69) is 15.2 Å². The lowest BCUT2D eigenvalue weighted by Gasteiger charge is -2.43. The molecule has 3 aromatic heterocycles. The number of aryl methyl sites for hydroxylation is 1. The minimum atomic E-state index is -4.69. The van der Waals surface area contributed by atoms with Crippen LogP contribution in [0.5, 0.6) is 0 Å². The number of hydrogen-bond donors (Lipinski definition) is 0. The number of aromatic nitrogens is 5. The monoisotopic (exact) mass is 585 g/mol. The number of hydrogen-bond acceptors (Lipinski definition) is 6. The number of halogens is 4. The van der Waals surface area contributed by atoms with Gasteiger partial charge in [-0.3, -0.25) is 14.5 Å². The maximum absolute atomic E-state index is 14.2. The molecule has 212 valence electrons. The first kappa shape index (κ1) is 27.1. The third kappa shape index (κ3) is 4.57. The fraction of sp³-hybridized carbons (Fsp3) is 0.286. The third-order valence-corrected chi connectivity index (χ3v) is 9.94. The number of sulfone groups is 1. The number of benzene rings is 1. The van der Waals surface area contributed by atoms with Gasteiger partial charge in [-0.05, 0) is 79.8 Å². The van der Waals surface area contributed by atoms with Crippen molar-refractivity contribution in [2.45, 2.75) is 42.1 Å². The predicted octanol–water partition coefficient (Wildman–Crippen LogP) is 4.99. The van der Waals surface area contributed by atoms with Crippen molar-refractivity contribution in [2.24, 2.45) is 12.5 Å². The highest BCUT2D eigenvalue weighted by Gasteiger charge is 2.52. The van der Waals surface area contributed by atoms with E-state index in [4.69, 9.17) is 0 Å². The number of rotatable bonds is 5. The van der Waals surface area contributed by atoms with Gasteiger partial charge in [-0.2, -0.15) is 23.4 Å². The summed E-state index contributed by atoms with van der Waals surface area (Å²) in [5.41, 5.74) is -0.471. The van der Waals surface area contributed by atoms with Crippen molar-refractivity contribution in [1.29, 1.82) is 0 Å². The Bertz CT molecular complexity index is 1810. The SMILES string of the molecule is Cn1ccc(S(=O)(=O)C2CCC3=Cc4c(cnn4-c4ccc(F)cc4)C[C@]3(C(=O)c3cc(C(F)(F)F)ccn3)C2)n1. The van der Waals surface area contributed by atoms with E-state index in [0.29, 0.717) is 28.6 Å². The van der Waals surface area contributed by atoms with E-state index < -0.39 is 49.5 Å². The molecular weight excluding hydrogens is 562 g/mol. The zero-order chi connectivity index (χ0) is 29.2. The van der Waals surface area contributed by atoms with E-state index in [-0.39, 0.29) is 30.7 Å². The first-order chi connectivity index (χ1) is 19.4. The van der Waals surface area contributed by atoms with Crippen molar-refractivity contribution in [3.8, 4) is 5.69 Å². The lowest BCUT2D eigenvalue weighted by atomic mass is 9.61. The molecule has 0 radical (unpaired) electrons. The number of alkyl halides is 3. The van der Waals surface area contributed by atoms with Crippen LogP contribution in [0.1, 0.15) is 46.6 Å². The summed E-state index contributed by atoms with van der Waals surface area (Å²) in [6, 6.07) is 8.57. The summed E-state index contributed by atoms with van der Waals surface area (Å²) in [6.07, 6.45) is 1.29. The van der Waals surface area contributed by atoms with Crippen molar-refractivity contribution in [1.82, 2.24) is 24.5 Å². The highest BCUT2D eigenvalue weighted by atomic mass is 32.2. The molecular formula is C28H23F4N5O3S. The summed E-state index contributed by atoms with van der Waals surface area (Å²) < 4.78 is 84.3. The molecule has 0 bridgehead atoms. The molecule has 1 saturated carbocycles. The molecule has 1 unspecified atom stereocenters. The standard InChI is InChI=1S/C28H23F4N5O3S/c1-36-11-9-25(35-36)41(39,40)22-7-2-18-13-24-17(16-34-37(24)21-5-3-20(29)4-6-21)14-27(18,15-22)26(38)23-12-19(8-10-33-23)28(30,31)32/h3-6,8-13,16,22H,2,7,14-15H2,1H3/t22?,27-/m0/s1. The highest BCUT2D eigenvalue weighted by Crippen LogP contribution is 2.52. The summed E-state index contributed by atoms with van der Waals surface area (Å²) in [7, 11) is -2.37. The highest BCUT2D eigenvalue weighted by molar-refractivity contribution is 7.92. The number of Topliss-reactive ketones (excluding diaryl/α,β-unsaturated/α-hetero) is 1. The van der Waals surface area contributed by atoms with Gasteiger partial charge in [-0.15, -0.1) is 0 Å². The Morgan fingerprint density at radius 1 is 1.12 bits per heavy atom. The van der Waals surface area contributed by atoms with Crippen molar-refractivity contribution in [3.05, 3.63) is 95.0 Å². The van der Waals surface area contributed by atoms with Crippen LogP contribution >= 0.6 is 0 Å². The third-order valence-electron chi connectivity index (χ3n) is 7.86. The molecule has 1 aromatic carbocycles. The fourth-order valence-corrected chi connectivity index (χ4v) is 7.58. The van der Waals surface area contributed by atoms with E-state index in [0.717, 1.165) is 12.3 Å². The molecule has 0 saturated heterocycles. The molecule has 0 spiro atoms. The molecule has 1 fully saturated rings. The van der Waals surface area contributed by atoms with Gasteiger partial charge in [0.1, 0.15) is 11.5 Å². The quantitative estimate of drug-likeness (QED) is 0.242. The van der Waals surface area contributed by atoms with Crippen LogP contribution in [0, 0.1) is 11.2 Å². The van der Waals surface area contributed by atoms with E-state index in [1.165, 1.54) is 35.3 Å². The van der Waals surface area contributed by atoms with E-state index in [9.17, 15) is 30.8 Å². The van der Waals surface area contributed by atoms with Crippen molar-refractivity contribution in [2.75, 3.05) is 0 Å². The Kier molecular flexibility index (Phi) is 6.25. The van der Waals surface area contributed by atoms with E-state index in [1.807, 2.05) is 0 Å². The van der Waals surface area contributed by atoms with Crippen LogP contribution in [-0.2, 0) is 29.5 Å². The number of carbonyl (C=O) groups is 1. The van der Waals surface area contributed by atoms with Crippen LogP contribution in [0.3, 0.4) is 0 Å². The second-order valence-electron chi connectivity index (χ2n) is 10.4. The van der Waals surface area contributed by atoms with E-state index >= 15 is 0 Å². The summed E-state index contributed by atoms with van der Waals surface area (Å²) in [6.45, 7) is 0. The van der Waals surface area contributed by atoms with Crippen molar-refractivity contribution < 1.29 is 30.8 Å². The van der Waals surface area contributed by atoms with Crippen LogP contribution < -0.4 is 0 Å². The van der Waals surface area contributed by atoms with Crippen molar-refractivity contribution >= 4 is 21.7 Å². The molecule has 3 heterocycles. The van der Waals surface area contributed by atoms with Gasteiger partial charge in [-0.25, -0.2) is 17.5 Å². The van der Waals surface area contributed by atoms with Gasteiger partial charge < -0.3 is 0 Å². The van der Waals surface area contributed by atoms with Gasteiger partial charge in [0.05, 0.1) is 33.8 Å². The first-order valence-corrected chi connectivity index (χ1v) is 14.3. The molecule has 2 aliphatic carbocycles. The topological polar surface area (TPSA) is 99.7 Å². The number of pyridine rings is 1. The largest absolute Gasteiger partial charge is 0.416 e.